The number of carbonyl (C=O) groups is 1. The summed E-state index contributed by atoms with van der Waals surface area (Å²) in [6.07, 6.45) is 2.19. The zero-order valence-electron chi connectivity index (χ0n) is 11.9. The lowest BCUT2D eigenvalue weighted by atomic mass is 9.82. The summed E-state index contributed by atoms with van der Waals surface area (Å²) in [5.41, 5.74) is 3.05. The maximum Gasteiger partial charge on any atom is 0.327 e. The fraction of sp³-hybridized carbons (Fsp3) is 0.438. The largest absolute Gasteiger partial charge is 0.497 e. The van der Waals surface area contributed by atoms with E-state index in [-0.39, 0.29) is 0 Å². The molecule has 1 unspecified atom stereocenters. The predicted octanol–water partition coefficient (Wildman–Crippen LogP) is 2.50. The maximum atomic E-state index is 11.7. The molecule has 2 aliphatic rings. The number of carboxylic acids is 1. The molecule has 0 amide bonds. The number of fused-ring (bicyclic) bond motifs is 6. The van der Waals surface area contributed by atoms with Gasteiger partial charge in [-0.25, -0.2) is 0 Å². The van der Waals surface area contributed by atoms with E-state index in [1.54, 1.807) is 7.11 Å². The second kappa shape index (κ2) is 4.49. The van der Waals surface area contributed by atoms with Crippen LogP contribution in [0.15, 0.2) is 18.2 Å². The van der Waals surface area contributed by atoms with Crippen molar-refractivity contribution in [2.75, 3.05) is 20.2 Å². The van der Waals surface area contributed by atoms with Crippen molar-refractivity contribution in [3.05, 3.63) is 29.5 Å². The number of methoxy groups -OCH3 is 1. The van der Waals surface area contributed by atoms with Gasteiger partial charge >= 0.3 is 5.97 Å². The Labute approximate surface area is 122 Å². The van der Waals surface area contributed by atoms with Gasteiger partial charge in [-0.1, -0.05) is 0 Å². The van der Waals surface area contributed by atoms with Crippen LogP contribution >= 0.6 is 0 Å². The van der Waals surface area contributed by atoms with Crippen LogP contribution in [0.4, 0.5) is 0 Å². The number of aromatic nitrogens is 1. The molecule has 2 aromatic rings. The zero-order chi connectivity index (χ0) is 14.6. The minimum absolute atomic E-state index is 0.421. The third kappa shape index (κ3) is 1.77. The predicted molar refractivity (Wildman–Crippen MR) is 78.8 cm³/mol. The van der Waals surface area contributed by atoms with Gasteiger partial charge in [-0.3, -0.25) is 9.69 Å². The molecule has 0 aliphatic carbocycles. The summed E-state index contributed by atoms with van der Waals surface area (Å²) in [7, 11) is 1.66. The number of H-pyrrole nitrogens is 1. The van der Waals surface area contributed by atoms with Crippen molar-refractivity contribution < 1.29 is 14.6 Å². The van der Waals surface area contributed by atoms with Gasteiger partial charge in [0.1, 0.15) is 11.8 Å². The van der Waals surface area contributed by atoms with Gasteiger partial charge in [-0.15, -0.1) is 0 Å². The van der Waals surface area contributed by atoms with Gasteiger partial charge in [0.2, 0.25) is 0 Å². The van der Waals surface area contributed by atoms with Gasteiger partial charge in [-0.2, -0.15) is 0 Å². The molecule has 0 saturated carbocycles. The van der Waals surface area contributed by atoms with E-state index < -0.39 is 12.0 Å². The molecule has 5 nitrogen and oxygen atoms in total. The fourth-order valence-corrected chi connectivity index (χ4v) is 3.93. The number of hydrogen-bond donors (Lipinski definition) is 2. The van der Waals surface area contributed by atoms with Gasteiger partial charge < -0.3 is 14.8 Å². The number of nitrogens with one attached hydrogen (secondary N) is 1. The molecular formula is C16H18N2O3. The number of benzene rings is 1. The standard InChI is InChI=1S/C16H18N2O3/c1-21-10-4-5-12-11(7-10)13-9-3-2-6-18(8-9)15(16(19)20)14(13)17-12/h4-5,7,9,15,17H,2-3,6,8H2,1H3,(H,19,20)/t9-,15?/m0/s1. The van der Waals surface area contributed by atoms with Crippen molar-refractivity contribution in [3.8, 4) is 5.75 Å². The minimum Gasteiger partial charge on any atom is -0.497 e. The maximum absolute atomic E-state index is 11.7. The van der Waals surface area contributed by atoms with Crippen LogP contribution in [0.25, 0.3) is 10.9 Å². The van der Waals surface area contributed by atoms with E-state index in [2.05, 4.69) is 9.88 Å². The molecule has 1 saturated heterocycles. The fourth-order valence-electron chi connectivity index (χ4n) is 3.93. The number of aromatic amines is 1. The van der Waals surface area contributed by atoms with Crippen LogP contribution in [-0.2, 0) is 4.79 Å². The highest BCUT2D eigenvalue weighted by Gasteiger charge is 2.41. The average Bonchev–Trinajstić information content (AvgIpc) is 2.85. The van der Waals surface area contributed by atoms with Gasteiger partial charge in [0.15, 0.2) is 0 Å². The van der Waals surface area contributed by atoms with Crippen molar-refractivity contribution in [2.24, 2.45) is 0 Å². The number of rotatable bonds is 2. The van der Waals surface area contributed by atoms with Crippen LogP contribution in [-0.4, -0.2) is 41.2 Å². The molecule has 5 heteroatoms. The van der Waals surface area contributed by atoms with Crippen LogP contribution in [0, 0.1) is 0 Å². The average molecular weight is 286 g/mol. The number of nitrogens with zero attached hydrogens (tertiary/aromatic N) is 1. The first kappa shape index (κ1) is 12.7. The molecule has 4 rings (SSSR count). The summed E-state index contributed by atoms with van der Waals surface area (Å²) < 4.78 is 5.32. The van der Waals surface area contributed by atoms with Crippen molar-refractivity contribution >= 4 is 16.9 Å². The SMILES string of the molecule is COc1ccc2[nH]c3c(c2c1)[C@H]1CCC[N@@](C1)C3C(=O)O. The van der Waals surface area contributed by atoms with Gasteiger partial charge in [0.25, 0.3) is 0 Å². The highest BCUT2D eigenvalue weighted by molar-refractivity contribution is 5.90. The quantitative estimate of drug-likeness (QED) is 0.890. The molecule has 110 valence electrons. The third-order valence-electron chi connectivity index (χ3n) is 4.81. The Morgan fingerprint density at radius 2 is 2.33 bits per heavy atom. The topological polar surface area (TPSA) is 65.6 Å². The monoisotopic (exact) mass is 286 g/mol. The highest BCUT2D eigenvalue weighted by Crippen LogP contribution is 2.45. The first-order valence-corrected chi connectivity index (χ1v) is 7.35. The van der Waals surface area contributed by atoms with Gasteiger partial charge in [0.05, 0.1) is 7.11 Å². The summed E-state index contributed by atoms with van der Waals surface area (Å²) in [5.74, 6) is 0.467. The first-order valence-electron chi connectivity index (χ1n) is 7.35. The van der Waals surface area contributed by atoms with E-state index in [9.17, 15) is 9.90 Å². The van der Waals surface area contributed by atoms with Crippen LogP contribution in [0.5, 0.6) is 5.75 Å². The van der Waals surface area contributed by atoms with Crippen LogP contribution in [0.3, 0.4) is 0 Å². The second-order valence-electron chi connectivity index (χ2n) is 5.94. The molecule has 2 bridgehead atoms. The summed E-state index contributed by atoms with van der Waals surface area (Å²) in [5, 5.41) is 10.7. The first-order chi connectivity index (χ1) is 10.2. The van der Waals surface area contributed by atoms with Crippen molar-refractivity contribution in [3.63, 3.8) is 0 Å². The molecule has 0 spiro atoms. The molecule has 21 heavy (non-hydrogen) atoms. The summed E-state index contributed by atoms with van der Waals surface area (Å²) >= 11 is 0. The number of aliphatic carboxylic acids is 1. The molecule has 1 aromatic carbocycles. The van der Waals surface area contributed by atoms with E-state index in [0.29, 0.717) is 5.92 Å². The number of piperidine rings is 1. The molecule has 0 radical (unpaired) electrons. The van der Waals surface area contributed by atoms with Crippen LogP contribution < -0.4 is 4.74 Å². The Balaban J connectivity index is 1.97. The Hall–Kier alpha value is -2.01. The van der Waals surface area contributed by atoms with Crippen LogP contribution in [0.2, 0.25) is 0 Å². The Kier molecular flexibility index (Phi) is 2.72. The van der Waals surface area contributed by atoms with E-state index in [0.717, 1.165) is 48.3 Å². The van der Waals surface area contributed by atoms with Crippen molar-refractivity contribution in [2.45, 2.75) is 24.8 Å². The van der Waals surface area contributed by atoms with E-state index in [1.165, 1.54) is 5.56 Å². The molecular weight excluding hydrogens is 268 g/mol. The number of hydrogen-bond acceptors (Lipinski definition) is 3. The smallest absolute Gasteiger partial charge is 0.327 e. The zero-order valence-corrected chi connectivity index (χ0v) is 11.9. The van der Waals surface area contributed by atoms with E-state index >= 15 is 0 Å². The molecule has 1 fully saturated rings. The van der Waals surface area contributed by atoms with Gasteiger partial charge in [0, 0.05) is 23.1 Å². The van der Waals surface area contributed by atoms with Crippen molar-refractivity contribution in [1.29, 1.82) is 0 Å². The summed E-state index contributed by atoms with van der Waals surface area (Å²) in [6.45, 7) is 1.71. The van der Waals surface area contributed by atoms with E-state index in [1.807, 2.05) is 18.2 Å². The van der Waals surface area contributed by atoms with Gasteiger partial charge in [-0.05, 0) is 49.1 Å². The lowest BCUT2D eigenvalue weighted by Gasteiger charge is -2.41. The Morgan fingerprint density at radius 1 is 1.48 bits per heavy atom. The summed E-state index contributed by atoms with van der Waals surface area (Å²) in [6, 6.07) is 5.36. The number of ether oxygens (including phenoxy) is 1. The molecule has 3 heterocycles. The molecule has 2 aliphatic heterocycles. The minimum atomic E-state index is -0.768. The molecule has 3 atom stereocenters. The normalized spacial score (nSPS) is 27.4. The summed E-state index contributed by atoms with van der Waals surface area (Å²) in [4.78, 5) is 17.2. The lowest BCUT2D eigenvalue weighted by molar-refractivity contribution is -0.144. The molecule has 2 N–H and O–H groups in total. The van der Waals surface area contributed by atoms with E-state index in [4.69, 9.17) is 4.74 Å². The molecule has 1 aromatic heterocycles. The lowest BCUT2D eigenvalue weighted by Crippen LogP contribution is -2.44. The third-order valence-corrected chi connectivity index (χ3v) is 4.81. The van der Waals surface area contributed by atoms with Crippen molar-refractivity contribution in [1.82, 2.24) is 9.88 Å². The number of carboxylic acid groups (broad SMARTS) is 1. The Morgan fingerprint density at radius 3 is 3.10 bits per heavy atom. The highest BCUT2D eigenvalue weighted by atomic mass is 16.5. The second-order valence-corrected chi connectivity index (χ2v) is 5.94. The Bertz CT molecular complexity index is 722. The van der Waals surface area contributed by atoms with Crippen LogP contribution in [0.1, 0.15) is 36.1 Å².